The predicted octanol–water partition coefficient (Wildman–Crippen LogP) is 3.33. The number of aromatic nitrogens is 2. The van der Waals surface area contributed by atoms with Crippen LogP contribution in [0, 0.1) is 13.8 Å². The largest absolute Gasteiger partial charge is 0.330 e. The summed E-state index contributed by atoms with van der Waals surface area (Å²) >= 11 is 4.57. The molecule has 0 fully saturated rings. The predicted molar refractivity (Wildman–Crippen MR) is 68.9 cm³/mol. The molecule has 0 N–H and O–H groups in total. The molecule has 2 nitrogen and oxygen atoms in total. The van der Waals surface area contributed by atoms with Crippen molar-refractivity contribution in [1.29, 1.82) is 0 Å². The fraction of sp³-hybridized carbons (Fsp3) is 0.750. The third-order valence-electron chi connectivity index (χ3n) is 2.57. The minimum atomic E-state index is -0.00310. The van der Waals surface area contributed by atoms with Crippen LogP contribution in [-0.4, -0.2) is 14.3 Å². The molecule has 1 aromatic rings. The zero-order valence-corrected chi connectivity index (χ0v) is 11.5. The average molecular weight is 226 g/mol. The van der Waals surface area contributed by atoms with E-state index in [1.807, 2.05) is 0 Å². The zero-order valence-electron chi connectivity index (χ0n) is 10.6. The van der Waals surface area contributed by atoms with Crippen LogP contribution in [0.2, 0.25) is 0 Å². The number of hydrogen-bond donors (Lipinski definition) is 1. The van der Waals surface area contributed by atoms with Crippen molar-refractivity contribution in [2.45, 2.75) is 58.8 Å². The van der Waals surface area contributed by atoms with Gasteiger partial charge in [-0.1, -0.05) is 13.8 Å². The normalized spacial score (nSPS) is 12.5. The molecule has 3 heteroatoms. The van der Waals surface area contributed by atoms with E-state index in [4.69, 9.17) is 0 Å². The summed E-state index contributed by atoms with van der Waals surface area (Å²) in [7, 11) is 0. The number of aryl methyl sites for hydroxylation is 1. The van der Waals surface area contributed by atoms with Gasteiger partial charge >= 0.3 is 0 Å². The van der Waals surface area contributed by atoms with Crippen molar-refractivity contribution in [3.8, 4) is 0 Å². The highest BCUT2D eigenvalue weighted by molar-refractivity contribution is 7.81. The Bertz CT molecular complexity index is 345. The summed E-state index contributed by atoms with van der Waals surface area (Å²) in [5, 5.41) is 0. The van der Waals surface area contributed by atoms with Gasteiger partial charge in [0.1, 0.15) is 5.82 Å². The Balaban J connectivity index is 3.13. The lowest BCUT2D eigenvalue weighted by atomic mass is 10.1. The Kier molecular flexibility index (Phi) is 3.54. The van der Waals surface area contributed by atoms with Crippen LogP contribution < -0.4 is 0 Å². The van der Waals surface area contributed by atoms with Gasteiger partial charge < -0.3 is 4.57 Å². The van der Waals surface area contributed by atoms with Crippen molar-refractivity contribution in [2.75, 3.05) is 0 Å². The van der Waals surface area contributed by atoms with Gasteiger partial charge in [0.25, 0.3) is 0 Å². The molecule has 0 radical (unpaired) electrons. The molecular formula is C12H22N2S. The van der Waals surface area contributed by atoms with E-state index < -0.39 is 0 Å². The summed E-state index contributed by atoms with van der Waals surface area (Å²) in [6.07, 6.45) is 0.906. The van der Waals surface area contributed by atoms with Crippen LogP contribution in [-0.2, 0) is 6.42 Å². The van der Waals surface area contributed by atoms with Gasteiger partial charge in [0.05, 0.1) is 5.69 Å². The molecule has 0 bridgehead atoms. The molecule has 0 amide bonds. The summed E-state index contributed by atoms with van der Waals surface area (Å²) in [6.45, 7) is 12.9. The zero-order chi connectivity index (χ0) is 11.8. The highest BCUT2D eigenvalue weighted by Gasteiger charge is 2.20. The van der Waals surface area contributed by atoms with Crippen molar-refractivity contribution >= 4 is 12.6 Å². The van der Waals surface area contributed by atoms with Crippen molar-refractivity contribution in [3.05, 3.63) is 17.2 Å². The van der Waals surface area contributed by atoms with Gasteiger partial charge in [0.15, 0.2) is 0 Å². The number of hydrogen-bond acceptors (Lipinski definition) is 2. The molecule has 1 heterocycles. The SMILES string of the molecule is Cc1nc(CC(C)(C)S)n(C(C)C)c1C. The van der Waals surface area contributed by atoms with Gasteiger partial charge in [-0.15, -0.1) is 0 Å². The van der Waals surface area contributed by atoms with Crippen LogP contribution in [0.3, 0.4) is 0 Å². The first-order valence-electron chi connectivity index (χ1n) is 5.49. The quantitative estimate of drug-likeness (QED) is 0.783. The maximum Gasteiger partial charge on any atom is 0.110 e. The van der Waals surface area contributed by atoms with Crippen molar-refractivity contribution in [3.63, 3.8) is 0 Å². The smallest absolute Gasteiger partial charge is 0.110 e. The van der Waals surface area contributed by atoms with Crippen LogP contribution in [0.4, 0.5) is 0 Å². The van der Waals surface area contributed by atoms with Gasteiger partial charge in [0, 0.05) is 22.9 Å². The second-order valence-corrected chi connectivity index (χ2v) is 6.36. The topological polar surface area (TPSA) is 17.8 Å². The average Bonchev–Trinajstić information content (AvgIpc) is 2.23. The minimum Gasteiger partial charge on any atom is -0.330 e. The molecule has 0 aliphatic rings. The monoisotopic (exact) mass is 226 g/mol. The second kappa shape index (κ2) is 4.20. The van der Waals surface area contributed by atoms with E-state index in [0.29, 0.717) is 6.04 Å². The van der Waals surface area contributed by atoms with Crippen LogP contribution >= 0.6 is 12.6 Å². The lowest BCUT2D eigenvalue weighted by Gasteiger charge is -2.20. The van der Waals surface area contributed by atoms with Gasteiger partial charge in [0.2, 0.25) is 0 Å². The van der Waals surface area contributed by atoms with E-state index in [-0.39, 0.29) is 4.75 Å². The molecule has 0 aromatic carbocycles. The molecule has 86 valence electrons. The molecule has 0 saturated heterocycles. The van der Waals surface area contributed by atoms with Gasteiger partial charge in [-0.05, 0) is 27.7 Å². The molecule has 0 saturated carbocycles. The van der Waals surface area contributed by atoms with E-state index in [1.54, 1.807) is 0 Å². The van der Waals surface area contributed by atoms with E-state index in [2.05, 4.69) is 63.7 Å². The molecule has 0 unspecified atom stereocenters. The Morgan fingerprint density at radius 3 is 2.27 bits per heavy atom. The fourth-order valence-electron chi connectivity index (χ4n) is 1.89. The summed E-state index contributed by atoms with van der Waals surface area (Å²) in [6, 6.07) is 0.469. The molecule has 0 aliphatic heterocycles. The fourth-order valence-corrected chi connectivity index (χ4v) is 2.03. The number of rotatable bonds is 3. The first kappa shape index (κ1) is 12.6. The first-order valence-corrected chi connectivity index (χ1v) is 5.94. The molecule has 0 aliphatic carbocycles. The molecular weight excluding hydrogens is 204 g/mol. The van der Waals surface area contributed by atoms with E-state index in [9.17, 15) is 0 Å². The van der Waals surface area contributed by atoms with Crippen LogP contribution in [0.1, 0.15) is 50.9 Å². The summed E-state index contributed by atoms with van der Waals surface area (Å²) in [5.41, 5.74) is 2.41. The summed E-state index contributed by atoms with van der Waals surface area (Å²) in [5.74, 6) is 1.15. The lowest BCUT2D eigenvalue weighted by molar-refractivity contribution is 0.536. The molecule has 15 heavy (non-hydrogen) atoms. The minimum absolute atomic E-state index is 0.00310. The summed E-state index contributed by atoms with van der Waals surface area (Å²) < 4.78 is 2.31. The maximum atomic E-state index is 4.63. The van der Waals surface area contributed by atoms with Gasteiger partial charge in [-0.3, -0.25) is 0 Å². The molecule has 1 rings (SSSR count). The van der Waals surface area contributed by atoms with Crippen molar-refractivity contribution in [1.82, 2.24) is 9.55 Å². The third kappa shape index (κ3) is 3.00. The third-order valence-corrected chi connectivity index (χ3v) is 2.73. The Morgan fingerprint density at radius 1 is 1.33 bits per heavy atom. The molecule has 1 aromatic heterocycles. The van der Waals surface area contributed by atoms with E-state index in [0.717, 1.165) is 17.9 Å². The van der Waals surface area contributed by atoms with Crippen LogP contribution in [0.15, 0.2) is 0 Å². The standard InChI is InChI=1S/C12H22N2S/c1-8(2)14-10(4)9(3)13-11(14)7-12(5,6)15/h8,15H,7H2,1-6H3. The number of thiol groups is 1. The van der Waals surface area contributed by atoms with Gasteiger partial charge in [-0.25, -0.2) is 4.98 Å². The summed E-state index contributed by atoms with van der Waals surface area (Å²) in [4.78, 5) is 4.63. The lowest BCUT2D eigenvalue weighted by Crippen LogP contribution is -2.19. The van der Waals surface area contributed by atoms with E-state index in [1.165, 1.54) is 5.69 Å². The number of nitrogens with zero attached hydrogens (tertiary/aromatic N) is 2. The Hall–Kier alpha value is -0.440. The number of imidazole rings is 1. The van der Waals surface area contributed by atoms with Crippen molar-refractivity contribution in [2.24, 2.45) is 0 Å². The van der Waals surface area contributed by atoms with Crippen LogP contribution in [0.25, 0.3) is 0 Å². The first-order chi connectivity index (χ1) is 6.72. The highest BCUT2D eigenvalue weighted by atomic mass is 32.1. The maximum absolute atomic E-state index is 4.63. The van der Waals surface area contributed by atoms with E-state index >= 15 is 0 Å². The highest BCUT2D eigenvalue weighted by Crippen LogP contribution is 2.23. The Labute approximate surface area is 98.5 Å². The van der Waals surface area contributed by atoms with Crippen LogP contribution in [0.5, 0.6) is 0 Å². The second-order valence-electron chi connectivity index (χ2n) is 5.15. The van der Waals surface area contributed by atoms with Gasteiger partial charge in [-0.2, -0.15) is 12.6 Å². The molecule has 0 atom stereocenters. The molecule has 0 spiro atoms. The van der Waals surface area contributed by atoms with Crippen molar-refractivity contribution < 1.29 is 0 Å². The Morgan fingerprint density at radius 2 is 1.87 bits per heavy atom.